The van der Waals surface area contributed by atoms with Crippen LogP contribution in [0.25, 0.3) is 10.9 Å². The zero-order valence-electron chi connectivity index (χ0n) is 11.4. The minimum atomic E-state index is -0.0803. The summed E-state index contributed by atoms with van der Waals surface area (Å²) in [6.45, 7) is 3.79. The van der Waals surface area contributed by atoms with Crippen LogP contribution in [0.15, 0.2) is 10.9 Å². The molecular formula is C14H16ClNO3. The second-order valence-corrected chi connectivity index (χ2v) is 4.66. The molecule has 0 bridgehead atoms. The van der Waals surface area contributed by atoms with E-state index in [1.54, 1.807) is 20.1 Å². The number of aromatic nitrogens is 1. The van der Waals surface area contributed by atoms with Crippen LogP contribution in [0.4, 0.5) is 0 Å². The van der Waals surface area contributed by atoms with Crippen molar-refractivity contribution in [3.8, 4) is 11.5 Å². The number of nitrogens with one attached hydrogen (secondary N) is 1. The smallest absolute Gasteiger partial charge is 0.196 e. The zero-order chi connectivity index (χ0) is 14.2. The number of aromatic amines is 1. The summed E-state index contributed by atoms with van der Waals surface area (Å²) in [5.74, 6) is 0.914. The monoisotopic (exact) mass is 281 g/mol. The first-order valence-corrected chi connectivity index (χ1v) is 6.38. The molecule has 0 amide bonds. The van der Waals surface area contributed by atoms with Gasteiger partial charge in [0.05, 0.1) is 30.1 Å². The lowest BCUT2D eigenvalue weighted by atomic mass is 10.1. The molecule has 1 aromatic carbocycles. The molecule has 0 atom stereocenters. The Morgan fingerprint density at radius 2 is 2.00 bits per heavy atom. The Morgan fingerprint density at radius 3 is 2.53 bits per heavy atom. The fourth-order valence-electron chi connectivity index (χ4n) is 2.23. The molecule has 4 nitrogen and oxygen atoms in total. The van der Waals surface area contributed by atoms with Gasteiger partial charge in [0.1, 0.15) is 5.75 Å². The Balaban J connectivity index is 3.05. The third-order valence-electron chi connectivity index (χ3n) is 3.27. The molecule has 0 aliphatic carbocycles. The molecule has 0 saturated heterocycles. The van der Waals surface area contributed by atoms with Gasteiger partial charge in [-0.25, -0.2) is 0 Å². The van der Waals surface area contributed by atoms with Gasteiger partial charge in [0.25, 0.3) is 0 Å². The average molecular weight is 282 g/mol. The summed E-state index contributed by atoms with van der Waals surface area (Å²) in [5.41, 5.74) is 2.11. The number of aryl methyl sites for hydroxylation is 1. The van der Waals surface area contributed by atoms with Crippen molar-refractivity contribution in [2.45, 2.75) is 20.3 Å². The number of rotatable bonds is 3. The normalized spacial score (nSPS) is 10.8. The Hall–Kier alpha value is -1.68. The Morgan fingerprint density at radius 1 is 1.32 bits per heavy atom. The first kappa shape index (κ1) is 13.7. The average Bonchev–Trinajstić information content (AvgIpc) is 2.42. The zero-order valence-corrected chi connectivity index (χ0v) is 12.1. The third-order valence-corrected chi connectivity index (χ3v) is 3.55. The molecule has 0 saturated carbocycles. The van der Waals surface area contributed by atoms with E-state index in [4.69, 9.17) is 21.1 Å². The lowest BCUT2D eigenvalue weighted by Gasteiger charge is -2.14. The molecule has 0 fully saturated rings. The summed E-state index contributed by atoms with van der Waals surface area (Å²) in [7, 11) is 3.04. The number of benzene rings is 1. The fourth-order valence-corrected chi connectivity index (χ4v) is 2.50. The van der Waals surface area contributed by atoms with E-state index < -0.39 is 0 Å². The van der Waals surface area contributed by atoms with Gasteiger partial charge in [0.15, 0.2) is 11.2 Å². The predicted molar refractivity (Wildman–Crippen MR) is 76.8 cm³/mol. The maximum Gasteiger partial charge on any atom is 0.196 e. The number of hydrogen-bond acceptors (Lipinski definition) is 3. The predicted octanol–water partition coefficient (Wildman–Crippen LogP) is 3.07. The van der Waals surface area contributed by atoms with Gasteiger partial charge in [-0.3, -0.25) is 4.79 Å². The van der Waals surface area contributed by atoms with Crippen LogP contribution in [0.2, 0.25) is 5.02 Å². The van der Waals surface area contributed by atoms with Gasteiger partial charge in [0.2, 0.25) is 0 Å². The highest BCUT2D eigenvalue weighted by atomic mass is 35.5. The molecule has 0 aliphatic rings. The molecule has 0 spiro atoms. The molecule has 0 radical (unpaired) electrons. The van der Waals surface area contributed by atoms with E-state index in [0.717, 1.165) is 12.1 Å². The Labute approximate surface area is 116 Å². The summed E-state index contributed by atoms with van der Waals surface area (Å²) in [4.78, 5) is 15.7. The van der Waals surface area contributed by atoms with E-state index in [9.17, 15) is 4.79 Å². The van der Waals surface area contributed by atoms with Crippen molar-refractivity contribution in [1.82, 2.24) is 4.98 Å². The number of methoxy groups -OCH3 is 2. The number of H-pyrrole nitrogens is 1. The number of ether oxygens (including phenoxy) is 2. The van der Waals surface area contributed by atoms with Crippen LogP contribution in [-0.4, -0.2) is 19.2 Å². The van der Waals surface area contributed by atoms with E-state index in [2.05, 4.69) is 4.98 Å². The quantitative estimate of drug-likeness (QED) is 0.941. The van der Waals surface area contributed by atoms with Crippen LogP contribution in [0.1, 0.15) is 18.2 Å². The van der Waals surface area contributed by atoms with Gasteiger partial charge in [-0.1, -0.05) is 18.5 Å². The molecule has 5 heteroatoms. The summed E-state index contributed by atoms with van der Waals surface area (Å²) in [6.07, 6.45) is 0.741. The molecule has 0 aliphatic heterocycles. The number of fused-ring (bicyclic) bond motifs is 1. The highest BCUT2D eigenvalue weighted by Gasteiger charge is 2.18. The Bertz CT molecular complexity index is 691. The highest BCUT2D eigenvalue weighted by Crippen LogP contribution is 2.37. The van der Waals surface area contributed by atoms with Crippen LogP contribution >= 0.6 is 11.6 Å². The van der Waals surface area contributed by atoms with Crippen molar-refractivity contribution in [1.29, 1.82) is 0 Å². The van der Waals surface area contributed by atoms with Crippen LogP contribution in [0.3, 0.4) is 0 Å². The van der Waals surface area contributed by atoms with Crippen LogP contribution in [-0.2, 0) is 6.42 Å². The van der Waals surface area contributed by atoms with Crippen molar-refractivity contribution in [3.63, 3.8) is 0 Å². The van der Waals surface area contributed by atoms with Gasteiger partial charge in [0, 0.05) is 17.3 Å². The summed E-state index contributed by atoms with van der Waals surface area (Å²) < 4.78 is 10.6. The summed E-state index contributed by atoms with van der Waals surface area (Å²) >= 11 is 6.13. The fraction of sp³-hybridized carbons (Fsp3) is 0.357. The number of halogens is 1. The van der Waals surface area contributed by atoms with Crippen LogP contribution in [0.5, 0.6) is 11.5 Å². The highest BCUT2D eigenvalue weighted by molar-refractivity contribution is 6.33. The first-order valence-electron chi connectivity index (χ1n) is 6.01. The van der Waals surface area contributed by atoms with Crippen LogP contribution in [0, 0.1) is 6.92 Å². The second kappa shape index (κ2) is 5.13. The molecule has 1 heterocycles. The molecule has 2 aromatic rings. The molecule has 19 heavy (non-hydrogen) atoms. The molecule has 102 valence electrons. The van der Waals surface area contributed by atoms with Crippen molar-refractivity contribution >= 4 is 22.5 Å². The lowest BCUT2D eigenvalue weighted by molar-refractivity contribution is 0.409. The largest absolute Gasteiger partial charge is 0.494 e. The van der Waals surface area contributed by atoms with Gasteiger partial charge in [-0.15, -0.1) is 0 Å². The van der Waals surface area contributed by atoms with E-state index in [0.29, 0.717) is 33.0 Å². The summed E-state index contributed by atoms with van der Waals surface area (Å²) in [6, 6.07) is 1.65. The second-order valence-electron chi connectivity index (χ2n) is 4.26. The topological polar surface area (TPSA) is 51.3 Å². The standard InChI is InChI=1S/C14H16ClNO3/c1-5-9-7(2)13(17)11-12(16-9)10(18-3)6-8(15)14(11)19-4/h6H,5H2,1-4H3,(H,16,17). The number of pyridine rings is 1. The maximum absolute atomic E-state index is 12.5. The minimum absolute atomic E-state index is 0.0803. The van der Waals surface area contributed by atoms with Gasteiger partial charge >= 0.3 is 0 Å². The molecule has 0 unspecified atom stereocenters. The van der Waals surface area contributed by atoms with E-state index in [1.165, 1.54) is 7.11 Å². The van der Waals surface area contributed by atoms with Gasteiger partial charge in [-0.2, -0.15) is 0 Å². The van der Waals surface area contributed by atoms with Crippen LogP contribution < -0.4 is 14.9 Å². The first-order chi connectivity index (χ1) is 9.04. The van der Waals surface area contributed by atoms with E-state index in [1.807, 2.05) is 6.92 Å². The molecule has 2 rings (SSSR count). The van der Waals surface area contributed by atoms with E-state index in [-0.39, 0.29) is 5.43 Å². The van der Waals surface area contributed by atoms with E-state index >= 15 is 0 Å². The number of hydrogen-bond donors (Lipinski definition) is 1. The maximum atomic E-state index is 12.5. The summed E-state index contributed by atoms with van der Waals surface area (Å²) in [5, 5.41) is 0.794. The molecular weight excluding hydrogens is 266 g/mol. The lowest BCUT2D eigenvalue weighted by Crippen LogP contribution is -2.13. The third kappa shape index (κ3) is 2.06. The van der Waals surface area contributed by atoms with Crippen molar-refractivity contribution in [3.05, 3.63) is 32.6 Å². The van der Waals surface area contributed by atoms with Crippen molar-refractivity contribution < 1.29 is 9.47 Å². The van der Waals surface area contributed by atoms with Gasteiger partial charge < -0.3 is 14.5 Å². The SMILES string of the molecule is CCc1[nH]c2c(OC)cc(Cl)c(OC)c2c(=O)c1C. The Kier molecular flexibility index (Phi) is 3.71. The van der Waals surface area contributed by atoms with Gasteiger partial charge in [-0.05, 0) is 13.3 Å². The minimum Gasteiger partial charge on any atom is -0.494 e. The van der Waals surface area contributed by atoms with Crippen molar-refractivity contribution in [2.75, 3.05) is 14.2 Å². The van der Waals surface area contributed by atoms with Crippen molar-refractivity contribution in [2.24, 2.45) is 0 Å². The molecule has 1 aromatic heterocycles. The molecule has 1 N–H and O–H groups in total.